The molecule has 150 valence electrons. The summed E-state index contributed by atoms with van der Waals surface area (Å²) in [5.74, 6) is 1.32. The number of nitrogens with zero attached hydrogens (tertiary/aromatic N) is 4. The lowest BCUT2D eigenvalue weighted by Gasteiger charge is -2.33. The molecule has 6 nitrogen and oxygen atoms in total. The summed E-state index contributed by atoms with van der Waals surface area (Å²) in [7, 11) is 0. The zero-order chi connectivity index (χ0) is 20.2. The summed E-state index contributed by atoms with van der Waals surface area (Å²) in [6, 6.07) is 6.79. The van der Waals surface area contributed by atoms with E-state index in [1.54, 1.807) is 22.8 Å². The van der Waals surface area contributed by atoms with Crippen LogP contribution in [0.2, 0.25) is 0 Å². The van der Waals surface area contributed by atoms with Crippen LogP contribution in [-0.4, -0.2) is 33.8 Å². The third-order valence-corrected chi connectivity index (χ3v) is 5.87. The van der Waals surface area contributed by atoms with Crippen LogP contribution in [0.1, 0.15) is 37.8 Å². The van der Waals surface area contributed by atoms with Crippen molar-refractivity contribution in [2.24, 2.45) is 0 Å². The van der Waals surface area contributed by atoms with Gasteiger partial charge in [-0.15, -0.1) is 0 Å². The highest BCUT2D eigenvalue weighted by atomic mass is 19.1. The normalized spacial score (nSPS) is 20.4. The van der Waals surface area contributed by atoms with Crippen molar-refractivity contribution in [1.82, 2.24) is 19.9 Å². The second-order valence-corrected chi connectivity index (χ2v) is 7.86. The molecule has 1 atom stereocenters. The fourth-order valence-corrected chi connectivity index (χ4v) is 4.33. The van der Waals surface area contributed by atoms with Gasteiger partial charge in [0.25, 0.3) is 0 Å². The van der Waals surface area contributed by atoms with E-state index in [9.17, 15) is 4.39 Å². The fraction of sp³-hybridized carbons (Fsp3) is 0.364. The number of hydrogen-bond donors (Lipinski definition) is 1. The maximum atomic E-state index is 14.2. The summed E-state index contributed by atoms with van der Waals surface area (Å²) in [4.78, 5) is 7.18. The molecular formula is C22H24FN5O. The summed E-state index contributed by atoms with van der Waals surface area (Å²) >= 11 is 0. The standard InChI is InChI=1S/C22H24FN5O/c1-4-27-20-7-10-28-21(26-20)17(12-24-28)15(3)25-14(2)13-29-19-6-5-16(23)11-18(19)22(27)8-9-22/h5-7,10-12,14,25H,3-4,8-9,13H2,1-2H3/t14-/m0/s1. The predicted molar refractivity (Wildman–Crippen MR) is 110 cm³/mol. The zero-order valence-corrected chi connectivity index (χ0v) is 16.7. The Balaban J connectivity index is 1.72. The molecule has 2 aliphatic rings. The van der Waals surface area contributed by atoms with Crippen LogP contribution >= 0.6 is 0 Å². The van der Waals surface area contributed by atoms with Crippen molar-refractivity contribution >= 4 is 17.2 Å². The number of halogens is 1. The maximum Gasteiger partial charge on any atom is 0.166 e. The molecule has 29 heavy (non-hydrogen) atoms. The number of hydrogen-bond acceptors (Lipinski definition) is 5. The minimum Gasteiger partial charge on any atom is -0.491 e. The van der Waals surface area contributed by atoms with Gasteiger partial charge in [0.1, 0.15) is 24.0 Å². The molecule has 0 unspecified atom stereocenters. The number of rotatable bonds is 1. The number of nitrogens with one attached hydrogen (secondary N) is 1. The Labute approximate surface area is 169 Å². The van der Waals surface area contributed by atoms with Gasteiger partial charge >= 0.3 is 0 Å². The van der Waals surface area contributed by atoms with Crippen LogP contribution in [0.25, 0.3) is 11.3 Å². The van der Waals surface area contributed by atoms with Crippen LogP contribution < -0.4 is 15.0 Å². The Hall–Kier alpha value is -3.09. The predicted octanol–water partition coefficient (Wildman–Crippen LogP) is 3.73. The molecule has 1 aliphatic heterocycles. The Morgan fingerprint density at radius 2 is 2.17 bits per heavy atom. The number of fused-ring (bicyclic) bond motifs is 3. The number of ether oxygens (including phenoxy) is 1. The zero-order valence-electron chi connectivity index (χ0n) is 16.7. The highest BCUT2D eigenvalue weighted by molar-refractivity contribution is 5.74. The van der Waals surface area contributed by atoms with Gasteiger partial charge in [-0.3, -0.25) is 0 Å². The Bertz CT molecular complexity index is 1100. The first kappa shape index (κ1) is 18.0. The van der Waals surface area contributed by atoms with Gasteiger partial charge in [0.05, 0.1) is 23.3 Å². The van der Waals surface area contributed by atoms with E-state index in [2.05, 4.69) is 28.8 Å². The lowest BCUT2D eigenvalue weighted by Crippen LogP contribution is -2.36. The molecule has 2 bridgehead atoms. The molecule has 1 aliphatic carbocycles. The van der Waals surface area contributed by atoms with E-state index in [1.807, 2.05) is 19.2 Å². The van der Waals surface area contributed by atoms with E-state index in [1.165, 1.54) is 6.07 Å². The van der Waals surface area contributed by atoms with Crippen molar-refractivity contribution in [2.45, 2.75) is 38.3 Å². The summed E-state index contributed by atoms with van der Waals surface area (Å²) in [5.41, 5.74) is 2.95. The first-order chi connectivity index (χ1) is 14.0. The van der Waals surface area contributed by atoms with Gasteiger partial charge in [-0.25, -0.2) is 13.9 Å². The van der Waals surface area contributed by atoms with Gasteiger partial charge in [-0.1, -0.05) is 6.58 Å². The lowest BCUT2D eigenvalue weighted by atomic mass is 10.0. The van der Waals surface area contributed by atoms with Crippen LogP contribution in [-0.2, 0) is 5.54 Å². The molecule has 1 aromatic carbocycles. The average molecular weight is 393 g/mol. The molecule has 3 heterocycles. The molecule has 0 amide bonds. The van der Waals surface area contributed by atoms with Crippen molar-refractivity contribution in [2.75, 3.05) is 18.1 Å². The molecule has 3 aromatic rings. The van der Waals surface area contributed by atoms with Gasteiger partial charge < -0.3 is 15.0 Å². The highest BCUT2D eigenvalue weighted by Crippen LogP contribution is 2.55. The number of benzene rings is 1. The third-order valence-electron chi connectivity index (χ3n) is 5.87. The minimum absolute atomic E-state index is 0.0109. The minimum atomic E-state index is -0.306. The second-order valence-electron chi connectivity index (χ2n) is 7.86. The van der Waals surface area contributed by atoms with E-state index in [0.29, 0.717) is 6.61 Å². The first-order valence-corrected chi connectivity index (χ1v) is 10.0. The SMILES string of the molecule is C=C1N[C@@H](C)COc2ccc(F)cc2C2(CC2)N(CC)c2ccn3ncc1c3n2. The van der Waals surface area contributed by atoms with Crippen LogP contribution in [0.4, 0.5) is 10.2 Å². The molecule has 2 aromatic heterocycles. The van der Waals surface area contributed by atoms with E-state index < -0.39 is 0 Å². The fourth-order valence-electron chi connectivity index (χ4n) is 4.33. The molecule has 1 spiro atoms. The van der Waals surface area contributed by atoms with Crippen molar-refractivity contribution < 1.29 is 9.13 Å². The van der Waals surface area contributed by atoms with Crippen molar-refractivity contribution in [3.63, 3.8) is 0 Å². The summed E-state index contributed by atoms with van der Waals surface area (Å²) in [6.45, 7) is 9.50. The Morgan fingerprint density at radius 1 is 1.34 bits per heavy atom. The quantitative estimate of drug-likeness (QED) is 0.683. The monoisotopic (exact) mass is 393 g/mol. The lowest BCUT2D eigenvalue weighted by molar-refractivity contribution is 0.279. The van der Waals surface area contributed by atoms with E-state index in [0.717, 1.165) is 53.4 Å². The maximum absolute atomic E-state index is 14.2. The second kappa shape index (κ2) is 6.47. The van der Waals surface area contributed by atoms with Crippen LogP contribution in [0.15, 0.2) is 43.2 Å². The molecule has 7 heteroatoms. The summed E-state index contributed by atoms with van der Waals surface area (Å²) in [6.07, 6.45) is 5.56. The molecule has 1 saturated carbocycles. The number of anilines is 1. The van der Waals surface area contributed by atoms with E-state index in [-0.39, 0.29) is 17.4 Å². The van der Waals surface area contributed by atoms with Gasteiger partial charge in [0, 0.05) is 24.0 Å². The third kappa shape index (κ3) is 2.84. The molecular weight excluding hydrogens is 369 g/mol. The average Bonchev–Trinajstić information content (AvgIpc) is 3.38. The largest absolute Gasteiger partial charge is 0.491 e. The first-order valence-electron chi connectivity index (χ1n) is 10.0. The van der Waals surface area contributed by atoms with Crippen LogP contribution in [0.3, 0.4) is 0 Å². The van der Waals surface area contributed by atoms with Crippen molar-refractivity contribution in [1.29, 1.82) is 0 Å². The van der Waals surface area contributed by atoms with Crippen LogP contribution in [0.5, 0.6) is 5.75 Å². The van der Waals surface area contributed by atoms with Crippen LogP contribution in [0, 0.1) is 5.82 Å². The Morgan fingerprint density at radius 3 is 2.93 bits per heavy atom. The van der Waals surface area contributed by atoms with Crippen molar-refractivity contribution in [3.8, 4) is 5.75 Å². The smallest absolute Gasteiger partial charge is 0.166 e. The van der Waals surface area contributed by atoms with Gasteiger partial charge in [0.2, 0.25) is 0 Å². The van der Waals surface area contributed by atoms with E-state index >= 15 is 0 Å². The summed E-state index contributed by atoms with van der Waals surface area (Å²) < 4.78 is 22.2. The molecule has 1 fully saturated rings. The van der Waals surface area contributed by atoms with Gasteiger partial charge in [-0.05, 0) is 51.0 Å². The molecule has 1 N–H and O–H groups in total. The topological polar surface area (TPSA) is 54.7 Å². The Kier molecular flexibility index (Phi) is 4.01. The molecule has 0 radical (unpaired) electrons. The molecule has 0 saturated heterocycles. The highest BCUT2D eigenvalue weighted by Gasteiger charge is 2.51. The van der Waals surface area contributed by atoms with Gasteiger partial charge in [-0.2, -0.15) is 5.10 Å². The van der Waals surface area contributed by atoms with Crippen molar-refractivity contribution in [3.05, 3.63) is 60.2 Å². The van der Waals surface area contributed by atoms with Gasteiger partial charge in [0.15, 0.2) is 5.65 Å². The summed E-state index contributed by atoms with van der Waals surface area (Å²) in [5, 5.41) is 7.79. The molecule has 5 rings (SSSR count). The van der Waals surface area contributed by atoms with E-state index in [4.69, 9.17) is 9.72 Å². The number of aromatic nitrogens is 3.